The molecule has 2 aromatic rings. The van der Waals surface area contributed by atoms with Gasteiger partial charge in [-0.3, -0.25) is 14.5 Å². The number of nitrogens with one attached hydrogen (secondary N) is 1. The topological polar surface area (TPSA) is 116 Å². The summed E-state index contributed by atoms with van der Waals surface area (Å²) in [6.45, 7) is 3.91. The molecule has 1 unspecified atom stereocenters. The van der Waals surface area contributed by atoms with Crippen molar-refractivity contribution in [1.29, 1.82) is 0 Å². The zero-order valence-electron chi connectivity index (χ0n) is 14.0. The Labute approximate surface area is 144 Å². The minimum atomic E-state index is -0.900. The van der Waals surface area contributed by atoms with Gasteiger partial charge in [0.05, 0.1) is 24.4 Å². The van der Waals surface area contributed by atoms with Crippen molar-refractivity contribution in [3.8, 4) is 0 Å². The fraction of sp³-hybridized carbons (Fsp3) is 0.500. The normalized spacial score (nSPS) is 18.9. The van der Waals surface area contributed by atoms with Crippen molar-refractivity contribution in [1.82, 2.24) is 24.8 Å². The second kappa shape index (κ2) is 7.47. The first-order chi connectivity index (χ1) is 12.0. The molecule has 134 valence electrons. The summed E-state index contributed by atoms with van der Waals surface area (Å²) < 4.78 is 5.20. The summed E-state index contributed by atoms with van der Waals surface area (Å²) in [6.07, 6.45) is 4.89. The Kier molecular flexibility index (Phi) is 5.13. The molecule has 1 atom stereocenters. The molecular weight excluding hydrogens is 326 g/mol. The van der Waals surface area contributed by atoms with Crippen LogP contribution in [0, 0.1) is 12.8 Å². The fourth-order valence-electron chi connectivity index (χ4n) is 2.97. The van der Waals surface area contributed by atoms with Gasteiger partial charge in [0.15, 0.2) is 5.89 Å². The van der Waals surface area contributed by atoms with Crippen molar-refractivity contribution >= 4 is 11.9 Å². The van der Waals surface area contributed by atoms with Crippen molar-refractivity contribution in [2.75, 3.05) is 26.2 Å². The maximum atomic E-state index is 12.5. The number of carbonyl (C=O) groups excluding carboxylic acids is 1. The van der Waals surface area contributed by atoms with Crippen LogP contribution in [0.1, 0.15) is 17.3 Å². The van der Waals surface area contributed by atoms with Crippen molar-refractivity contribution in [2.24, 2.45) is 5.92 Å². The molecule has 9 heteroatoms. The van der Waals surface area contributed by atoms with Crippen molar-refractivity contribution in [3.05, 3.63) is 36.1 Å². The van der Waals surface area contributed by atoms with Gasteiger partial charge in [0.25, 0.3) is 0 Å². The number of carboxylic acids is 1. The molecule has 0 aliphatic carbocycles. The quantitative estimate of drug-likeness (QED) is 0.799. The van der Waals surface area contributed by atoms with Crippen LogP contribution < -0.4 is 0 Å². The average molecular weight is 347 g/mol. The number of H-pyrrole nitrogens is 1. The van der Waals surface area contributed by atoms with E-state index >= 15 is 0 Å². The van der Waals surface area contributed by atoms with E-state index in [1.54, 1.807) is 24.3 Å². The molecule has 1 aliphatic heterocycles. The van der Waals surface area contributed by atoms with E-state index in [1.165, 1.54) is 6.33 Å². The maximum Gasteiger partial charge on any atom is 0.309 e. The Morgan fingerprint density at radius 2 is 2.24 bits per heavy atom. The summed E-state index contributed by atoms with van der Waals surface area (Å²) in [6, 6.07) is 0. The van der Waals surface area contributed by atoms with Crippen LogP contribution in [0.3, 0.4) is 0 Å². The molecule has 3 heterocycles. The van der Waals surface area contributed by atoms with Crippen LogP contribution in [0.4, 0.5) is 0 Å². The number of hydrogen-bond acceptors (Lipinski definition) is 6. The lowest BCUT2D eigenvalue weighted by atomic mass is 10.1. The number of aryl methyl sites for hydroxylation is 1. The van der Waals surface area contributed by atoms with E-state index in [0.29, 0.717) is 32.1 Å². The first kappa shape index (κ1) is 17.2. The van der Waals surface area contributed by atoms with Gasteiger partial charge in [-0.05, 0) is 0 Å². The molecule has 1 saturated heterocycles. The number of hydrogen-bond donors (Lipinski definition) is 2. The monoisotopic (exact) mass is 347 g/mol. The van der Waals surface area contributed by atoms with E-state index in [1.807, 2.05) is 4.90 Å². The second-order valence-electron chi connectivity index (χ2n) is 6.22. The van der Waals surface area contributed by atoms with Gasteiger partial charge in [0.2, 0.25) is 5.91 Å². The molecule has 25 heavy (non-hydrogen) atoms. The molecule has 2 aromatic heterocycles. The highest BCUT2D eigenvalue weighted by atomic mass is 16.4. The Morgan fingerprint density at radius 1 is 1.40 bits per heavy atom. The standard InChI is InChI=1S/C16H21N5O4/c1-11-19-14(9-25-11)8-20-2-3-21(7-12(6-20)16(23)24)15(22)4-13-5-17-10-18-13/h5,9-10,12H,2-4,6-8H2,1H3,(H,17,18)(H,23,24). The first-order valence-electron chi connectivity index (χ1n) is 8.12. The van der Waals surface area contributed by atoms with Gasteiger partial charge in [0, 0.05) is 51.5 Å². The van der Waals surface area contributed by atoms with Crippen LogP contribution in [-0.4, -0.2) is 67.9 Å². The Hall–Kier alpha value is -2.68. The number of aliphatic carboxylic acids is 1. The third-order valence-electron chi connectivity index (χ3n) is 4.26. The molecule has 1 aliphatic rings. The highest BCUT2D eigenvalue weighted by Gasteiger charge is 2.30. The third-order valence-corrected chi connectivity index (χ3v) is 4.26. The van der Waals surface area contributed by atoms with Crippen molar-refractivity contribution < 1.29 is 19.1 Å². The molecule has 1 amide bonds. The maximum absolute atomic E-state index is 12.5. The second-order valence-corrected chi connectivity index (χ2v) is 6.22. The highest BCUT2D eigenvalue weighted by Crippen LogP contribution is 2.14. The predicted octanol–water partition coefficient (Wildman–Crippen LogP) is 0.294. The van der Waals surface area contributed by atoms with Crippen LogP contribution in [0.15, 0.2) is 23.2 Å². The van der Waals surface area contributed by atoms with Crippen molar-refractivity contribution in [2.45, 2.75) is 19.9 Å². The van der Waals surface area contributed by atoms with E-state index < -0.39 is 11.9 Å². The van der Waals surface area contributed by atoms with E-state index in [2.05, 4.69) is 15.0 Å². The lowest BCUT2D eigenvalue weighted by molar-refractivity contribution is -0.143. The molecule has 0 bridgehead atoms. The lowest BCUT2D eigenvalue weighted by Crippen LogP contribution is -2.38. The van der Waals surface area contributed by atoms with Gasteiger partial charge < -0.3 is 19.4 Å². The van der Waals surface area contributed by atoms with Crippen molar-refractivity contribution in [3.63, 3.8) is 0 Å². The van der Waals surface area contributed by atoms with Gasteiger partial charge in [-0.25, -0.2) is 9.97 Å². The minimum Gasteiger partial charge on any atom is -0.481 e. The summed E-state index contributed by atoms with van der Waals surface area (Å²) in [7, 11) is 0. The number of carbonyl (C=O) groups is 2. The average Bonchev–Trinajstić information content (AvgIpc) is 3.15. The predicted molar refractivity (Wildman–Crippen MR) is 86.5 cm³/mol. The minimum absolute atomic E-state index is 0.102. The molecule has 0 aromatic carbocycles. The molecule has 0 spiro atoms. The number of carboxylic acid groups (broad SMARTS) is 1. The Balaban J connectivity index is 1.66. The number of aromatic amines is 1. The number of amides is 1. The van der Waals surface area contributed by atoms with Crippen LogP contribution in [0.5, 0.6) is 0 Å². The van der Waals surface area contributed by atoms with Crippen LogP contribution >= 0.6 is 0 Å². The SMILES string of the molecule is Cc1nc(CN2CCN(C(=O)Cc3cnc[nH]3)CC(C(=O)O)C2)co1. The molecule has 0 saturated carbocycles. The summed E-state index contributed by atoms with van der Waals surface area (Å²) in [5, 5.41) is 9.49. The van der Waals surface area contributed by atoms with E-state index in [-0.39, 0.29) is 18.9 Å². The summed E-state index contributed by atoms with van der Waals surface area (Å²) in [4.78, 5) is 38.7. The number of oxazole rings is 1. The molecule has 3 rings (SSSR count). The largest absolute Gasteiger partial charge is 0.481 e. The molecule has 2 N–H and O–H groups in total. The number of aromatic nitrogens is 3. The van der Waals surface area contributed by atoms with Gasteiger partial charge in [0.1, 0.15) is 6.26 Å². The zero-order chi connectivity index (χ0) is 17.8. The summed E-state index contributed by atoms with van der Waals surface area (Å²) in [5.74, 6) is -1.06. The zero-order valence-corrected chi connectivity index (χ0v) is 14.0. The van der Waals surface area contributed by atoms with Crippen LogP contribution in [0.25, 0.3) is 0 Å². The summed E-state index contributed by atoms with van der Waals surface area (Å²) in [5.41, 5.74) is 1.48. The van der Waals surface area contributed by atoms with Gasteiger partial charge >= 0.3 is 5.97 Å². The number of imidazole rings is 1. The summed E-state index contributed by atoms with van der Waals surface area (Å²) >= 11 is 0. The smallest absolute Gasteiger partial charge is 0.309 e. The van der Waals surface area contributed by atoms with Crippen LogP contribution in [-0.2, 0) is 22.6 Å². The van der Waals surface area contributed by atoms with E-state index in [9.17, 15) is 14.7 Å². The highest BCUT2D eigenvalue weighted by molar-refractivity contribution is 5.79. The molecular formula is C16H21N5O4. The van der Waals surface area contributed by atoms with Gasteiger partial charge in [-0.1, -0.05) is 0 Å². The Morgan fingerprint density at radius 3 is 2.88 bits per heavy atom. The number of rotatable bonds is 5. The molecule has 0 radical (unpaired) electrons. The molecule has 9 nitrogen and oxygen atoms in total. The number of nitrogens with zero attached hydrogens (tertiary/aromatic N) is 4. The van der Waals surface area contributed by atoms with E-state index in [4.69, 9.17) is 4.42 Å². The lowest BCUT2D eigenvalue weighted by Gasteiger charge is -2.21. The first-order valence-corrected chi connectivity index (χ1v) is 8.12. The fourth-order valence-corrected chi connectivity index (χ4v) is 2.97. The van der Waals surface area contributed by atoms with Gasteiger partial charge in [-0.15, -0.1) is 0 Å². The van der Waals surface area contributed by atoms with Crippen LogP contribution in [0.2, 0.25) is 0 Å². The molecule has 1 fully saturated rings. The Bertz CT molecular complexity index is 727. The van der Waals surface area contributed by atoms with E-state index in [0.717, 1.165) is 11.4 Å². The van der Waals surface area contributed by atoms with Gasteiger partial charge in [-0.2, -0.15) is 0 Å². The third kappa shape index (κ3) is 4.44.